The van der Waals surface area contributed by atoms with E-state index in [4.69, 9.17) is 18.9 Å². The van der Waals surface area contributed by atoms with E-state index >= 15 is 0 Å². The minimum atomic E-state index is -0.655. The van der Waals surface area contributed by atoms with Gasteiger partial charge in [0.1, 0.15) is 23.6 Å². The molecule has 0 radical (unpaired) electrons. The molecule has 1 aliphatic heterocycles. The molecule has 0 amide bonds. The van der Waals surface area contributed by atoms with Crippen LogP contribution < -0.4 is 0 Å². The molecule has 49 heavy (non-hydrogen) atoms. The molecule has 1 heterocycles. The van der Waals surface area contributed by atoms with Gasteiger partial charge in [-0.2, -0.15) is 0 Å². The maximum Gasteiger partial charge on any atom is 0.303 e. The standard InChI is InChI=1S/C42H64O6S/c1-26(2)12-11-13-27(3)33-18-19-34-32-17-16-29-24-30(20-22-41(29,5)35(32)21-23-42(33,34)6)47-40-39(49-31-14-9-8-10-15-31)38(46-28(4)44)37(45-7)36(25-43)48-40/h8-10,14-16,26-27,30,32-40,43H,11-13,17-25H2,1-7H3/t27-,30+,32+,33-,34+,35+,36+,37+,38-,39+,40+,41+,42-/m1/s1. The highest BCUT2D eigenvalue weighted by atomic mass is 32.2. The molecule has 0 spiro atoms. The second kappa shape index (κ2) is 15.7. The van der Waals surface area contributed by atoms with Crippen LogP contribution in [-0.2, 0) is 23.7 Å². The third-order valence-corrected chi connectivity index (χ3v) is 15.3. The van der Waals surface area contributed by atoms with Crippen LogP contribution in [0.5, 0.6) is 0 Å². The van der Waals surface area contributed by atoms with Crippen molar-refractivity contribution in [3.8, 4) is 0 Å². The number of ether oxygens (including phenoxy) is 4. The number of allylic oxidation sites excluding steroid dienone is 1. The van der Waals surface area contributed by atoms with Crippen molar-refractivity contribution >= 4 is 17.7 Å². The Labute approximate surface area is 300 Å². The van der Waals surface area contributed by atoms with Crippen LogP contribution in [0.15, 0.2) is 46.9 Å². The Morgan fingerprint density at radius 1 is 1.02 bits per heavy atom. The molecule has 6 nitrogen and oxygen atoms in total. The SMILES string of the molecule is CO[C@@H]1[C@@H](OC(C)=O)[C@H](Sc2ccccc2)[C@@H](O[C@H]2CC[C@@]3(C)C(=CC[C@H]4[C@@H]5CC[C@H]([C@H](C)CCCC(C)C)[C@@]5(C)CC[C@@H]43)C2)O[C@H]1CO. The Balaban J connectivity index is 1.17. The van der Waals surface area contributed by atoms with Crippen molar-refractivity contribution in [3.63, 3.8) is 0 Å². The lowest BCUT2D eigenvalue weighted by Crippen LogP contribution is -2.60. The number of fused-ring (bicyclic) bond motifs is 5. The minimum absolute atomic E-state index is 0.00701. The van der Waals surface area contributed by atoms with Gasteiger partial charge in [0.05, 0.1) is 12.7 Å². The van der Waals surface area contributed by atoms with Crippen molar-refractivity contribution in [2.45, 2.75) is 153 Å². The van der Waals surface area contributed by atoms with Crippen LogP contribution in [-0.4, -0.2) is 60.7 Å². The van der Waals surface area contributed by atoms with Gasteiger partial charge in [0, 0.05) is 18.9 Å². The summed E-state index contributed by atoms with van der Waals surface area (Å²) in [6.45, 7) is 13.7. The predicted molar refractivity (Wildman–Crippen MR) is 196 cm³/mol. The van der Waals surface area contributed by atoms with Crippen LogP contribution in [0.4, 0.5) is 0 Å². The van der Waals surface area contributed by atoms with Gasteiger partial charge >= 0.3 is 5.97 Å². The van der Waals surface area contributed by atoms with Crippen LogP contribution in [0.3, 0.4) is 0 Å². The topological polar surface area (TPSA) is 74.2 Å². The number of thioether (sulfide) groups is 1. The molecule has 0 unspecified atom stereocenters. The smallest absolute Gasteiger partial charge is 0.303 e. The summed E-state index contributed by atoms with van der Waals surface area (Å²) >= 11 is 1.59. The Morgan fingerprint density at radius 2 is 1.80 bits per heavy atom. The normalized spacial score (nSPS) is 41.0. The molecule has 13 atom stereocenters. The van der Waals surface area contributed by atoms with Gasteiger partial charge in [0.15, 0.2) is 6.29 Å². The molecular formula is C42H64O6S. The molecule has 4 aliphatic carbocycles. The predicted octanol–water partition coefficient (Wildman–Crippen LogP) is 9.24. The van der Waals surface area contributed by atoms with Crippen LogP contribution in [0, 0.1) is 46.3 Å². The van der Waals surface area contributed by atoms with Gasteiger partial charge in [-0.3, -0.25) is 4.79 Å². The van der Waals surface area contributed by atoms with E-state index in [-0.39, 0.29) is 29.3 Å². The molecule has 1 aromatic carbocycles. The van der Waals surface area contributed by atoms with E-state index in [1.807, 2.05) is 18.2 Å². The highest BCUT2D eigenvalue weighted by molar-refractivity contribution is 8.00. The average Bonchev–Trinajstić information content (AvgIpc) is 3.43. The van der Waals surface area contributed by atoms with Crippen molar-refractivity contribution in [1.29, 1.82) is 0 Å². The van der Waals surface area contributed by atoms with Gasteiger partial charge in [-0.1, -0.05) is 83.7 Å². The van der Waals surface area contributed by atoms with E-state index < -0.39 is 24.6 Å². The second-order valence-electron chi connectivity index (χ2n) is 17.2. The summed E-state index contributed by atoms with van der Waals surface area (Å²) in [4.78, 5) is 13.4. The summed E-state index contributed by atoms with van der Waals surface area (Å²) in [5, 5.41) is 9.96. The molecule has 5 aliphatic rings. The quantitative estimate of drug-likeness (QED) is 0.173. The number of benzene rings is 1. The van der Waals surface area contributed by atoms with Crippen molar-refractivity contribution in [1.82, 2.24) is 0 Å². The molecule has 4 fully saturated rings. The van der Waals surface area contributed by atoms with Crippen molar-refractivity contribution in [2.75, 3.05) is 13.7 Å². The number of esters is 1. The highest BCUT2D eigenvalue weighted by Gasteiger charge is 2.59. The molecule has 7 heteroatoms. The van der Waals surface area contributed by atoms with Gasteiger partial charge in [-0.15, -0.1) is 11.8 Å². The van der Waals surface area contributed by atoms with Crippen molar-refractivity contribution in [2.24, 2.45) is 46.3 Å². The summed E-state index contributed by atoms with van der Waals surface area (Å²) in [6, 6.07) is 10.1. The van der Waals surface area contributed by atoms with E-state index in [2.05, 4.69) is 52.8 Å². The largest absolute Gasteiger partial charge is 0.458 e. The van der Waals surface area contributed by atoms with Gasteiger partial charge in [-0.25, -0.2) is 0 Å². The van der Waals surface area contributed by atoms with Gasteiger partial charge in [0.25, 0.3) is 0 Å². The van der Waals surface area contributed by atoms with E-state index in [0.29, 0.717) is 5.41 Å². The molecule has 1 aromatic rings. The van der Waals surface area contributed by atoms with Gasteiger partial charge < -0.3 is 24.1 Å². The summed E-state index contributed by atoms with van der Waals surface area (Å²) in [6.07, 6.45) is 14.0. The van der Waals surface area contributed by atoms with Crippen LogP contribution >= 0.6 is 11.8 Å². The number of carbonyl (C=O) groups excluding carboxylic acids is 1. The Kier molecular flexibility index (Phi) is 12.0. The number of methoxy groups -OCH3 is 1. The third kappa shape index (κ3) is 7.59. The zero-order valence-electron chi connectivity index (χ0n) is 31.3. The number of hydrogen-bond donors (Lipinski definition) is 1. The molecule has 6 rings (SSSR count). The average molecular weight is 697 g/mol. The molecule has 1 saturated heterocycles. The number of aliphatic hydroxyl groups is 1. The highest BCUT2D eigenvalue weighted by Crippen LogP contribution is 2.67. The van der Waals surface area contributed by atoms with Crippen LogP contribution in [0.2, 0.25) is 0 Å². The lowest BCUT2D eigenvalue weighted by atomic mass is 9.47. The molecule has 3 saturated carbocycles. The Bertz CT molecular complexity index is 1280. The Morgan fingerprint density at radius 3 is 2.49 bits per heavy atom. The first kappa shape index (κ1) is 37.4. The fourth-order valence-corrected chi connectivity index (χ4v) is 12.7. The summed E-state index contributed by atoms with van der Waals surface area (Å²) < 4.78 is 25.1. The Hall–Kier alpha value is -1.38. The van der Waals surface area contributed by atoms with E-state index in [0.717, 1.165) is 59.7 Å². The first-order valence-electron chi connectivity index (χ1n) is 19.5. The second-order valence-corrected chi connectivity index (χ2v) is 18.4. The lowest BCUT2D eigenvalue weighted by Gasteiger charge is -2.58. The lowest BCUT2D eigenvalue weighted by molar-refractivity contribution is -0.273. The summed E-state index contributed by atoms with van der Waals surface area (Å²) in [5.74, 6) is 4.54. The van der Waals surface area contributed by atoms with Crippen molar-refractivity contribution < 1.29 is 28.8 Å². The van der Waals surface area contributed by atoms with E-state index in [1.165, 1.54) is 58.3 Å². The first-order valence-corrected chi connectivity index (χ1v) is 20.4. The number of rotatable bonds is 12. The first-order chi connectivity index (χ1) is 23.5. The number of aliphatic hydroxyl groups excluding tert-OH is 1. The van der Waals surface area contributed by atoms with Gasteiger partial charge in [-0.05, 0) is 110 Å². The number of hydrogen-bond acceptors (Lipinski definition) is 7. The van der Waals surface area contributed by atoms with E-state index in [1.54, 1.807) is 24.4 Å². The van der Waals surface area contributed by atoms with Gasteiger partial charge in [0.2, 0.25) is 0 Å². The molecule has 0 aromatic heterocycles. The minimum Gasteiger partial charge on any atom is -0.458 e. The zero-order valence-corrected chi connectivity index (χ0v) is 32.1. The van der Waals surface area contributed by atoms with Crippen LogP contribution in [0.25, 0.3) is 0 Å². The fraction of sp³-hybridized carbons (Fsp3) is 0.786. The zero-order chi connectivity index (χ0) is 34.9. The molecule has 274 valence electrons. The maximum atomic E-state index is 12.3. The van der Waals surface area contributed by atoms with Crippen LogP contribution in [0.1, 0.15) is 112 Å². The third-order valence-electron chi connectivity index (χ3n) is 13.9. The maximum absolute atomic E-state index is 12.3. The summed E-state index contributed by atoms with van der Waals surface area (Å²) in [5.41, 5.74) is 2.30. The monoisotopic (exact) mass is 696 g/mol. The number of carbonyl (C=O) groups is 1. The summed E-state index contributed by atoms with van der Waals surface area (Å²) in [7, 11) is 1.58. The molecular weight excluding hydrogens is 633 g/mol. The van der Waals surface area contributed by atoms with E-state index in [9.17, 15) is 9.90 Å². The fourth-order valence-electron chi connectivity index (χ4n) is 11.5. The van der Waals surface area contributed by atoms with Crippen molar-refractivity contribution in [3.05, 3.63) is 42.0 Å². The molecule has 0 bridgehead atoms. The molecule has 1 N–H and O–H groups in total.